The van der Waals surface area contributed by atoms with Crippen molar-refractivity contribution in [2.75, 3.05) is 39.8 Å². The monoisotopic (exact) mass is 345 g/mol. The van der Waals surface area contributed by atoms with E-state index in [2.05, 4.69) is 32.8 Å². The topological polar surface area (TPSA) is 23.6 Å². The summed E-state index contributed by atoms with van der Waals surface area (Å²) < 4.78 is 1.01. The molecule has 0 radical (unpaired) electrons. The number of halogens is 2. The predicted molar refractivity (Wildman–Crippen MR) is 77.0 cm³/mol. The van der Waals surface area contributed by atoms with Crippen LogP contribution in [-0.2, 0) is 0 Å². The quantitative estimate of drug-likeness (QED) is 0.672. The maximum Gasteiger partial charge on any atom is 0.164 e. The van der Waals surface area contributed by atoms with Gasteiger partial charge in [0.1, 0.15) is 0 Å². The Balaban J connectivity index is 0.00000180. The molecule has 0 aromatic heterocycles. The lowest BCUT2D eigenvalue weighted by Crippen LogP contribution is -3.00. The van der Waals surface area contributed by atoms with Crippen molar-refractivity contribution < 1.29 is 17.2 Å². The van der Waals surface area contributed by atoms with E-state index in [0.717, 1.165) is 42.8 Å². The second-order valence-corrected chi connectivity index (χ2v) is 5.74. The molecule has 0 N–H and O–H groups in total. The zero-order chi connectivity index (χ0) is 13.0. The molecule has 0 atom stereocenters. The molecule has 3 nitrogen and oxygen atoms in total. The van der Waals surface area contributed by atoms with Crippen LogP contribution < -0.4 is 12.4 Å². The van der Waals surface area contributed by atoms with Crippen LogP contribution in [0.5, 0.6) is 0 Å². The van der Waals surface area contributed by atoms with Gasteiger partial charge in [0.2, 0.25) is 0 Å². The Labute approximate surface area is 129 Å². The van der Waals surface area contributed by atoms with Gasteiger partial charge in [-0.2, -0.15) is 0 Å². The summed E-state index contributed by atoms with van der Waals surface area (Å²) in [6.07, 6.45) is 0.616. The van der Waals surface area contributed by atoms with Crippen LogP contribution in [0.15, 0.2) is 28.7 Å². The summed E-state index contributed by atoms with van der Waals surface area (Å²) in [4.78, 5) is 16.7. The number of nitrogens with zero attached hydrogens (tertiary/aromatic N) is 2. The van der Waals surface area contributed by atoms with E-state index in [1.54, 1.807) is 0 Å². The van der Waals surface area contributed by atoms with Crippen LogP contribution in [-0.4, -0.2) is 55.4 Å². The van der Waals surface area contributed by atoms with Gasteiger partial charge in [-0.25, -0.2) is 0 Å². The molecular weight excluding hydrogens is 328 g/mol. The third kappa shape index (κ3) is 5.22. The first-order chi connectivity index (χ1) is 8.65. The van der Waals surface area contributed by atoms with Crippen LogP contribution in [0.4, 0.5) is 0 Å². The van der Waals surface area contributed by atoms with Crippen molar-refractivity contribution in [3.63, 3.8) is 0 Å². The Hall–Kier alpha value is -0.420. The van der Waals surface area contributed by atoms with Crippen LogP contribution in [0, 0.1) is 0 Å². The van der Waals surface area contributed by atoms with Gasteiger partial charge in [-0.3, -0.25) is 4.79 Å². The van der Waals surface area contributed by atoms with E-state index in [0.29, 0.717) is 6.42 Å². The second kappa shape index (κ2) is 8.00. The highest BCUT2D eigenvalue weighted by atomic mass is 79.9. The maximum atomic E-state index is 12.0. The van der Waals surface area contributed by atoms with Gasteiger partial charge in [-0.05, 0) is 19.2 Å². The number of carbonyl (C=O) groups excluding carboxylic acids is 1. The first kappa shape index (κ1) is 16.6. The fourth-order valence-electron chi connectivity index (χ4n) is 2.11. The molecule has 5 heteroatoms. The minimum absolute atomic E-state index is 0. The summed E-state index contributed by atoms with van der Waals surface area (Å²) in [6, 6.07) is 7.61. The zero-order valence-corrected chi connectivity index (χ0v) is 13.5. The standard InChI is InChI=1S/C14H19BrN2O.ClH/c1-16-8-10-17(11-9-16)7-6-14(18)12-2-4-13(15)5-3-12;/h2-5H,6-11H2,1H3;1H/p-1. The maximum absolute atomic E-state index is 12.0. The van der Waals surface area contributed by atoms with E-state index in [1.165, 1.54) is 0 Å². The highest BCUT2D eigenvalue weighted by molar-refractivity contribution is 9.10. The summed E-state index contributed by atoms with van der Waals surface area (Å²) in [5.41, 5.74) is 0.812. The van der Waals surface area contributed by atoms with Crippen LogP contribution >= 0.6 is 15.9 Å². The second-order valence-electron chi connectivity index (χ2n) is 4.82. The number of Topliss-reactive ketones (excluding diaryl/α,β-unsaturated/α-hetero) is 1. The molecule has 0 bridgehead atoms. The van der Waals surface area contributed by atoms with E-state index in [9.17, 15) is 4.79 Å². The first-order valence-electron chi connectivity index (χ1n) is 6.35. The normalized spacial score (nSPS) is 16.9. The van der Waals surface area contributed by atoms with Gasteiger partial charge in [-0.15, -0.1) is 0 Å². The molecule has 1 aliphatic rings. The summed E-state index contributed by atoms with van der Waals surface area (Å²) in [7, 11) is 2.14. The molecule has 0 spiro atoms. The molecule has 0 amide bonds. The van der Waals surface area contributed by atoms with Gasteiger partial charge in [0.25, 0.3) is 0 Å². The molecule has 0 unspecified atom stereocenters. The molecule has 106 valence electrons. The molecule has 1 aromatic rings. The highest BCUT2D eigenvalue weighted by Crippen LogP contribution is 2.12. The van der Waals surface area contributed by atoms with Gasteiger partial charge in [0, 0.05) is 49.2 Å². The molecule has 0 saturated carbocycles. The van der Waals surface area contributed by atoms with E-state index in [-0.39, 0.29) is 18.2 Å². The van der Waals surface area contributed by atoms with E-state index < -0.39 is 0 Å². The lowest BCUT2D eigenvalue weighted by atomic mass is 10.1. The van der Waals surface area contributed by atoms with Crippen molar-refractivity contribution in [3.8, 4) is 0 Å². The first-order valence-corrected chi connectivity index (χ1v) is 7.14. The number of benzene rings is 1. The third-order valence-electron chi connectivity index (χ3n) is 3.42. The van der Waals surface area contributed by atoms with Crippen LogP contribution in [0.2, 0.25) is 0 Å². The van der Waals surface area contributed by atoms with Gasteiger partial charge in [0.05, 0.1) is 0 Å². The Morgan fingerprint density at radius 3 is 2.32 bits per heavy atom. The molecular formula is C14H19BrClN2O-. The molecule has 2 rings (SSSR count). The zero-order valence-electron chi connectivity index (χ0n) is 11.1. The number of likely N-dealkylation sites (N-methyl/N-ethyl adjacent to an activating group) is 1. The number of ketones is 1. The highest BCUT2D eigenvalue weighted by Gasteiger charge is 2.15. The number of hydrogen-bond donors (Lipinski definition) is 0. The van der Waals surface area contributed by atoms with E-state index in [4.69, 9.17) is 0 Å². The van der Waals surface area contributed by atoms with Gasteiger partial charge >= 0.3 is 0 Å². The summed E-state index contributed by atoms with van der Waals surface area (Å²) in [5, 5.41) is 0. The minimum atomic E-state index is 0. The molecule has 1 heterocycles. The average molecular weight is 347 g/mol. The SMILES string of the molecule is CN1CCN(CCC(=O)c2ccc(Br)cc2)CC1.[Cl-]. The molecule has 19 heavy (non-hydrogen) atoms. The van der Waals surface area contributed by atoms with Crippen molar-refractivity contribution in [3.05, 3.63) is 34.3 Å². The van der Waals surface area contributed by atoms with Crippen LogP contribution in [0.1, 0.15) is 16.8 Å². The van der Waals surface area contributed by atoms with Crippen molar-refractivity contribution in [2.24, 2.45) is 0 Å². The third-order valence-corrected chi connectivity index (χ3v) is 3.95. The fourth-order valence-corrected chi connectivity index (χ4v) is 2.38. The van der Waals surface area contributed by atoms with Crippen molar-refractivity contribution in [2.45, 2.75) is 6.42 Å². The van der Waals surface area contributed by atoms with Crippen molar-refractivity contribution in [1.29, 1.82) is 0 Å². The number of piperazine rings is 1. The van der Waals surface area contributed by atoms with Gasteiger partial charge < -0.3 is 22.2 Å². The Morgan fingerprint density at radius 2 is 1.74 bits per heavy atom. The molecule has 1 saturated heterocycles. The summed E-state index contributed by atoms with van der Waals surface area (Å²) in [6.45, 7) is 5.23. The Kier molecular flexibility index (Phi) is 7.00. The van der Waals surface area contributed by atoms with Crippen LogP contribution in [0.25, 0.3) is 0 Å². The summed E-state index contributed by atoms with van der Waals surface area (Å²) in [5.74, 6) is 0.237. The van der Waals surface area contributed by atoms with Crippen molar-refractivity contribution >= 4 is 21.7 Å². The molecule has 0 aliphatic carbocycles. The summed E-state index contributed by atoms with van der Waals surface area (Å²) >= 11 is 3.38. The van der Waals surface area contributed by atoms with Gasteiger partial charge in [0.15, 0.2) is 5.78 Å². The number of carbonyl (C=O) groups is 1. The van der Waals surface area contributed by atoms with E-state index in [1.807, 2.05) is 24.3 Å². The average Bonchev–Trinajstić information content (AvgIpc) is 2.38. The fraction of sp³-hybridized carbons (Fsp3) is 0.500. The van der Waals surface area contributed by atoms with E-state index >= 15 is 0 Å². The van der Waals surface area contributed by atoms with Crippen molar-refractivity contribution in [1.82, 2.24) is 9.80 Å². The minimum Gasteiger partial charge on any atom is -1.00 e. The molecule has 1 fully saturated rings. The Morgan fingerprint density at radius 1 is 1.16 bits per heavy atom. The van der Waals surface area contributed by atoms with Crippen LogP contribution in [0.3, 0.4) is 0 Å². The number of hydrogen-bond acceptors (Lipinski definition) is 3. The predicted octanol–water partition coefficient (Wildman–Crippen LogP) is -0.727. The molecule has 1 aromatic carbocycles. The lowest BCUT2D eigenvalue weighted by Gasteiger charge is -2.32. The Bertz CT molecular complexity index is 402. The number of rotatable bonds is 4. The molecule has 1 aliphatic heterocycles. The lowest BCUT2D eigenvalue weighted by molar-refractivity contribution is -0.0000117. The smallest absolute Gasteiger partial charge is 0.164 e. The van der Waals surface area contributed by atoms with Gasteiger partial charge in [-0.1, -0.05) is 28.1 Å². The largest absolute Gasteiger partial charge is 1.00 e.